The van der Waals surface area contributed by atoms with E-state index in [1.54, 1.807) is 0 Å². The van der Waals surface area contributed by atoms with Gasteiger partial charge in [-0.15, -0.1) is 0 Å². The Bertz CT molecular complexity index is 195. The van der Waals surface area contributed by atoms with Crippen LogP contribution in [0.5, 0.6) is 5.75 Å². The fourth-order valence-electron chi connectivity index (χ4n) is 0.988. The van der Waals surface area contributed by atoms with Crippen molar-refractivity contribution in [3.63, 3.8) is 0 Å². The van der Waals surface area contributed by atoms with Gasteiger partial charge in [0.15, 0.2) is 0 Å². The highest BCUT2D eigenvalue weighted by atomic mass is 16.5. The standard InChI is InChI=1S/C9H14N2O/c1-2-12-9-5-3-8(4-6-9)7-11-10/h3-6,11H,2,7,10H2,1H3. The van der Waals surface area contributed by atoms with E-state index in [4.69, 9.17) is 10.6 Å². The van der Waals surface area contributed by atoms with E-state index in [-0.39, 0.29) is 0 Å². The molecule has 0 radical (unpaired) electrons. The lowest BCUT2D eigenvalue weighted by Gasteiger charge is -2.03. The average molecular weight is 166 g/mol. The van der Waals surface area contributed by atoms with E-state index in [0.717, 1.165) is 11.3 Å². The molecule has 0 atom stereocenters. The fourth-order valence-corrected chi connectivity index (χ4v) is 0.988. The summed E-state index contributed by atoms with van der Waals surface area (Å²) in [4.78, 5) is 0. The summed E-state index contributed by atoms with van der Waals surface area (Å²) in [6.45, 7) is 3.36. The van der Waals surface area contributed by atoms with E-state index in [0.29, 0.717) is 13.2 Å². The SMILES string of the molecule is CCOc1ccc(CNN)cc1. The third-order valence-electron chi connectivity index (χ3n) is 1.54. The van der Waals surface area contributed by atoms with Crippen LogP contribution in [0.25, 0.3) is 0 Å². The Labute approximate surface area is 72.5 Å². The fraction of sp³-hybridized carbons (Fsp3) is 0.333. The second-order valence-electron chi connectivity index (χ2n) is 2.46. The number of rotatable bonds is 4. The third kappa shape index (κ3) is 2.53. The number of nitrogens with two attached hydrogens (primary N) is 1. The lowest BCUT2D eigenvalue weighted by Crippen LogP contribution is -2.20. The molecule has 0 amide bonds. The molecule has 0 aliphatic heterocycles. The van der Waals surface area contributed by atoms with Crippen molar-refractivity contribution in [2.24, 2.45) is 5.84 Å². The Morgan fingerprint density at radius 2 is 2.00 bits per heavy atom. The number of benzene rings is 1. The molecule has 0 bridgehead atoms. The number of nitrogens with one attached hydrogen (secondary N) is 1. The van der Waals surface area contributed by atoms with E-state index in [1.165, 1.54) is 0 Å². The Morgan fingerprint density at radius 3 is 2.50 bits per heavy atom. The van der Waals surface area contributed by atoms with Crippen molar-refractivity contribution in [2.75, 3.05) is 6.61 Å². The lowest BCUT2D eigenvalue weighted by atomic mass is 10.2. The van der Waals surface area contributed by atoms with Crippen molar-refractivity contribution in [3.8, 4) is 5.75 Å². The normalized spacial score (nSPS) is 9.83. The number of hydrazine groups is 1. The molecule has 0 saturated heterocycles. The van der Waals surface area contributed by atoms with Gasteiger partial charge in [-0.3, -0.25) is 11.3 Å². The van der Waals surface area contributed by atoms with Crippen molar-refractivity contribution >= 4 is 0 Å². The van der Waals surface area contributed by atoms with Crippen molar-refractivity contribution < 1.29 is 4.74 Å². The first-order valence-corrected chi connectivity index (χ1v) is 4.02. The molecule has 0 aliphatic carbocycles. The molecule has 0 saturated carbocycles. The van der Waals surface area contributed by atoms with Gasteiger partial charge in [-0.1, -0.05) is 12.1 Å². The predicted octanol–water partition coefficient (Wildman–Crippen LogP) is 1.05. The monoisotopic (exact) mass is 166 g/mol. The molecule has 66 valence electrons. The van der Waals surface area contributed by atoms with E-state index in [1.807, 2.05) is 31.2 Å². The molecule has 0 aliphatic rings. The quantitative estimate of drug-likeness (QED) is 0.519. The van der Waals surface area contributed by atoms with Crippen molar-refractivity contribution in [3.05, 3.63) is 29.8 Å². The maximum Gasteiger partial charge on any atom is 0.119 e. The summed E-state index contributed by atoms with van der Waals surface area (Å²) in [5.41, 5.74) is 3.75. The maximum absolute atomic E-state index is 5.29. The highest BCUT2D eigenvalue weighted by molar-refractivity contribution is 5.27. The van der Waals surface area contributed by atoms with Crippen LogP contribution in [0.2, 0.25) is 0 Å². The first-order valence-electron chi connectivity index (χ1n) is 4.02. The van der Waals surface area contributed by atoms with Crippen LogP contribution >= 0.6 is 0 Å². The molecule has 0 spiro atoms. The zero-order valence-electron chi connectivity index (χ0n) is 7.21. The van der Waals surface area contributed by atoms with Crippen LogP contribution < -0.4 is 16.0 Å². The van der Waals surface area contributed by atoms with Crippen LogP contribution in [0.1, 0.15) is 12.5 Å². The minimum Gasteiger partial charge on any atom is -0.494 e. The van der Waals surface area contributed by atoms with Gasteiger partial charge in [0.1, 0.15) is 5.75 Å². The first-order chi connectivity index (χ1) is 5.86. The molecule has 1 aromatic rings. The van der Waals surface area contributed by atoms with Crippen LogP contribution in [0.15, 0.2) is 24.3 Å². The topological polar surface area (TPSA) is 47.3 Å². The number of hydrogen-bond acceptors (Lipinski definition) is 3. The molecule has 1 rings (SSSR count). The average Bonchev–Trinajstić information content (AvgIpc) is 2.09. The minimum atomic E-state index is 0.687. The summed E-state index contributed by atoms with van der Waals surface area (Å²) in [6, 6.07) is 7.86. The second-order valence-corrected chi connectivity index (χ2v) is 2.46. The van der Waals surface area contributed by atoms with Crippen LogP contribution in [0, 0.1) is 0 Å². The molecule has 0 heterocycles. The van der Waals surface area contributed by atoms with Gasteiger partial charge in [0.2, 0.25) is 0 Å². The molecular weight excluding hydrogens is 152 g/mol. The molecule has 0 unspecified atom stereocenters. The van der Waals surface area contributed by atoms with Crippen LogP contribution in [0.3, 0.4) is 0 Å². The van der Waals surface area contributed by atoms with E-state index >= 15 is 0 Å². The first kappa shape index (κ1) is 9.03. The third-order valence-corrected chi connectivity index (χ3v) is 1.54. The van der Waals surface area contributed by atoms with Crippen LogP contribution in [-0.4, -0.2) is 6.61 Å². The summed E-state index contributed by atoms with van der Waals surface area (Å²) in [7, 11) is 0. The summed E-state index contributed by atoms with van der Waals surface area (Å²) in [5.74, 6) is 6.08. The molecular formula is C9H14N2O. The Hall–Kier alpha value is -1.06. The van der Waals surface area contributed by atoms with E-state index in [9.17, 15) is 0 Å². The summed E-state index contributed by atoms with van der Waals surface area (Å²) in [6.07, 6.45) is 0. The molecule has 3 heteroatoms. The number of ether oxygens (including phenoxy) is 1. The highest BCUT2D eigenvalue weighted by Crippen LogP contribution is 2.11. The van der Waals surface area contributed by atoms with Gasteiger partial charge in [0.25, 0.3) is 0 Å². The van der Waals surface area contributed by atoms with Gasteiger partial charge < -0.3 is 4.74 Å². The zero-order valence-corrected chi connectivity index (χ0v) is 7.21. The maximum atomic E-state index is 5.29. The lowest BCUT2D eigenvalue weighted by molar-refractivity contribution is 0.340. The van der Waals surface area contributed by atoms with Gasteiger partial charge >= 0.3 is 0 Å². The van der Waals surface area contributed by atoms with E-state index < -0.39 is 0 Å². The van der Waals surface area contributed by atoms with Crippen LogP contribution in [0.4, 0.5) is 0 Å². The molecule has 0 fully saturated rings. The smallest absolute Gasteiger partial charge is 0.119 e. The molecule has 1 aromatic carbocycles. The van der Waals surface area contributed by atoms with Gasteiger partial charge in [0, 0.05) is 6.54 Å². The van der Waals surface area contributed by atoms with Crippen molar-refractivity contribution in [1.82, 2.24) is 5.43 Å². The second kappa shape index (κ2) is 4.74. The summed E-state index contributed by atoms with van der Waals surface area (Å²) >= 11 is 0. The van der Waals surface area contributed by atoms with Gasteiger partial charge in [-0.05, 0) is 24.6 Å². The summed E-state index contributed by atoms with van der Waals surface area (Å²) in [5, 5.41) is 0. The van der Waals surface area contributed by atoms with Crippen molar-refractivity contribution in [2.45, 2.75) is 13.5 Å². The highest BCUT2D eigenvalue weighted by Gasteiger charge is 1.92. The largest absolute Gasteiger partial charge is 0.494 e. The molecule has 12 heavy (non-hydrogen) atoms. The Morgan fingerprint density at radius 1 is 1.33 bits per heavy atom. The molecule has 0 aromatic heterocycles. The Balaban J connectivity index is 2.58. The summed E-state index contributed by atoms with van der Waals surface area (Å²) < 4.78 is 5.29. The zero-order chi connectivity index (χ0) is 8.81. The predicted molar refractivity (Wildman–Crippen MR) is 48.6 cm³/mol. The van der Waals surface area contributed by atoms with Gasteiger partial charge in [-0.25, -0.2) is 0 Å². The van der Waals surface area contributed by atoms with Gasteiger partial charge in [-0.2, -0.15) is 0 Å². The number of hydrogen-bond donors (Lipinski definition) is 2. The Kier molecular flexibility index (Phi) is 3.57. The van der Waals surface area contributed by atoms with Crippen LogP contribution in [-0.2, 0) is 6.54 Å². The minimum absolute atomic E-state index is 0.687. The van der Waals surface area contributed by atoms with Gasteiger partial charge in [0.05, 0.1) is 6.61 Å². The van der Waals surface area contributed by atoms with Crippen molar-refractivity contribution in [1.29, 1.82) is 0 Å². The van der Waals surface area contributed by atoms with E-state index in [2.05, 4.69) is 5.43 Å². The molecule has 3 nitrogen and oxygen atoms in total. The molecule has 3 N–H and O–H groups in total.